The first-order valence-electron chi connectivity index (χ1n) is 7.69. The van der Waals surface area contributed by atoms with Crippen LogP contribution in [-0.2, 0) is 4.79 Å². The SMILES string of the molecule is C=CC(CCCCCC)C1(C)C=CC(C(=O)O)=C(C)C1. The molecular formula is C18H28O2. The van der Waals surface area contributed by atoms with E-state index in [0.717, 1.165) is 18.4 Å². The first kappa shape index (κ1) is 16.7. The van der Waals surface area contributed by atoms with Gasteiger partial charge in [0.2, 0.25) is 0 Å². The average Bonchev–Trinajstić information content (AvgIpc) is 2.38. The van der Waals surface area contributed by atoms with Crippen LogP contribution in [0, 0.1) is 11.3 Å². The van der Waals surface area contributed by atoms with E-state index in [9.17, 15) is 4.79 Å². The molecular weight excluding hydrogens is 248 g/mol. The molecule has 0 heterocycles. The second-order valence-corrected chi connectivity index (χ2v) is 6.21. The van der Waals surface area contributed by atoms with E-state index in [1.807, 2.05) is 6.92 Å². The molecule has 0 aromatic rings. The fraction of sp³-hybridized carbons (Fsp3) is 0.611. The fourth-order valence-corrected chi connectivity index (χ4v) is 3.16. The number of allylic oxidation sites excluding steroid dienone is 3. The highest BCUT2D eigenvalue weighted by Crippen LogP contribution is 2.43. The lowest BCUT2D eigenvalue weighted by molar-refractivity contribution is -0.132. The number of carboxylic acid groups (broad SMARTS) is 1. The summed E-state index contributed by atoms with van der Waals surface area (Å²) in [6.45, 7) is 10.4. The Bertz CT molecular complexity index is 417. The summed E-state index contributed by atoms with van der Waals surface area (Å²) in [6.07, 6.45) is 12.9. The topological polar surface area (TPSA) is 37.3 Å². The van der Waals surface area contributed by atoms with E-state index in [-0.39, 0.29) is 5.41 Å². The molecule has 2 heteroatoms. The third-order valence-corrected chi connectivity index (χ3v) is 4.47. The Hall–Kier alpha value is -1.31. The molecule has 1 aliphatic carbocycles. The molecule has 0 amide bonds. The molecule has 0 saturated heterocycles. The van der Waals surface area contributed by atoms with Crippen LogP contribution in [0.5, 0.6) is 0 Å². The van der Waals surface area contributed by atoms with Crippen molar-refractivity contribution in [2.45, 2.75) is 59.3 Å². The fourth-order valence-electron chi connectivity index (χ4n) is 3.16. The van der Waals surface area contributed by atoms with Crippen molar-refractivity contribution in [2.24, 2.45) is 11.3 Å². The number of hydrogen-bond acceptors (Lipinski definition) is 1. The van der Waals surface area contributed by atoms with Crippen molar-refractivity contribution in [1.29, 1.82) is 0 Å². The maximum Gasteiger partial charge on any atom is 0.335 e. The normalized spacial score (nSPS) is 23.8. The second-order valence-electron chi connectivity index (χ2n) is 6.21. The zero-order chi connectivity index (χ0) is 15.2. The standard InChI is InChI=1S/C18H28O2/c1-5-7-8-9-10-15(6-2)18(4)12-11-16(17(19)20)14(3)13-18/h6,11-12,15H,2,5,7-10,13H2,1,3-4H3,(H,19,20). The summed E-state index contributed by atoms with van der Waals surface area (Å²) in [5.74, 6) is -0.403. The minimum atomic E-state index is -0.820. The largest absolute Gasteiger partial charge is 0.478 e. The van der Waals surface area contributed by atoms with Gasteiger partial charge in [0, 0.05) is 0 Å². The Morgan fingerprint density at radius 2 is 2.20 bits per heavy atom. The third-order valence-electron chi connectivity index (χ3n) is 4.47. The molecule has 0 bridgehead atoms. The highest BCUT2D eigenvalue weighted by molar-refractivity contribution is 5.91. The van der Waals surface area contributed by atoms with E-state index in [4.69, 9.17) is 5.11 Å². The molecule has 0 saturated carbocycles. The minimum absolute atomic E-state index is 0.0109. The number of unbranched alkanes of at least 4 members (excludes halogenated alkanes) is 3. The van der Waals surface area contributed by atoms with Gasteiger partial charge in [0.25, 0.3) is 0 Å². The van der Waals surface area contributed by atoms with Gasteiger partial charge >= 0.3 is 5.97 Å². The number of rotatable bonds is 8. The number of carbonyl (C=O) groups is 1. The molecule has 0 fully saturated rings. The molecule has 1 rings (SSSR count). The van der Waals surface area contributed by atoms with Gasteiger partial charge in [-0.25, -0.2) is 4.79 Å². The Labute approximate surface area is 123 Å². The summed E-state index contributed by atoms with van der Waals surface area (Å²) in [5, 5.41) is 9.15. The van der Waals surface area contributed by atoms with Crippen molar-refractivity contribution < 1.29 is 9.90 Å². The summed E-state index contributed by atoms with van der Waals surface area (Å²) < 4.78 is 0. The molecule has 0 aliphatic heterocycles. The van der Waals surface area contributed by atoms with Crippen molar-refractivity contribution in [2.75, 3.05) is 0 Å². The molecule has 2 nitrogen and oxygen atoms in total. The van der Waals surface area contributed by atoms with Crippen LogP contribution in [0.3, 0.4) is 0 Å². The summed E-state index contributed by atoms with van der Waals surface area (Å²) in [7, 11) is 0. The molecule has 0 spiro atoms. The van der Waals surface area contributed by atoms with E-state index in [0.29, 0.717) is 11.5 Å². The van der Waals surface area contributed by atoms with E-state index >= 15 is 0 Å². The van der Waals surface area contributed by atoms with Crippen LogP contribution in [0.15, 0.2) is 36.0 Å². The maximum absolute atomic E-state index is 11.1. The smallest absolute Gasteiger partial charge is 0.335 e. The number of carboxylic acids is 1. The monoisotopic (exact) mass is 276 g/mol. The van der Waals surface area contributed by atoms with Gasteiger partial charge in [0.1, 0.15) is 0 Å². The molecule has 0 aromatic heterocycles. The molecule has 0 aromatic carbocycles. The van der Waals surface area contributed by atoms with Crippen LogP contribution in [-0.4, -0.2) is 11.1 Å². The third kappa shape index (κ3) is 4.09. The molecule has 1 aliphatic rings. The Balaban J connectivity index is 2.72. The van der Waals surface area contributed by atoms with Gasteiger partial charge < -0.3 is 5.11 Å². The summed E-state index contributed by atoms with van der Waals surface area (Å²) in [6, 6.07) is 0. The van der Waals surface area contributed by atoms with Crippen LogP contribution in [0.1, 0.15) is 59.3 Å². The van der Waals surface area contributed by atoms with E-state index in [1.54, 1.807) is 6.08 Å². The minimum Gasteiger partial charge on any atom is -0.478 e. The van der Waals surface area contributed by atoms with Crippen molar-refractivity contribution in [3.63, 3.8) is 0 Å². The molecule has 112 valence electrons. The predicted molar refractivity (Wildman–Crippen MR) is 84.6 cm³/mol. The second kappa shape index (κ2) is 7.47. The van der Waals surface area contributed by atoms with Crippen molar-refractivity contribution in [3.05, 3.63) is 36.0 Å². The first-order valence-corrected chi connectivity index (χ1v) is 7.69. The van der Waals surface area contributed by atoms with Gasteiger partial charge in [-0.3, -0.25) is 0 Å². The van der Waals surface area contributed by atoms with Gasteiger partial charge in [0.05, 0.1) is 5.57 Å². The lowest BCUT2D eigenvalue weighted by atomic mass is 9.68. The lowest BCUT2D eigenvalue weighted by Crippen LogP contribution is -2.27. The average molecular weight is 276 g/mol. The number of aliphatic carboxylic acids is 1. The van der Waals surface area contributed by atoms with Crippen LogP contribution in [0.4, 0.5) is 0 Å². The predicted octanol–water partition coefficient (Wildman–Crippen LogP) is 5.13. The lowest BCUT2D eigenvalue weighted by Gasteiger charge is -2.36. The quantitative estimate of drug-likeness (QED) is 0.493. The van der Waals surface area contributed by atoms with Crippen LogP contribution in [0.2, 0.25) is 0 Å². The van der Waals surface area contributed by atoms with Gasteiger partial charge in [-0.2, -0.15) is 0 Å². The van der Waals surface area contributed by atoms with Crippen LogP contribution < -0.4 is 0 Å². The zero-order valence-electron chi connectivity index (χ0n) is 13.1. The van der Waals surface area contributed by atoms with Crippen LogP contribution in [0.25, 0.3) is 0 Å². The van der Waals surface area contributed by atoms with Gasteiger partial charge in [-0.1, -0.05) is 63.3 Å². The van der Waals surface area contributed by atoms with Gasteiger partial charge in [-0.15, -0.1) is 6.58 Å². The van der Waals surface area contributed by atoms with Crippen molar-refractivity contribution in [1.82, 2.24) is 0 Å². The van der Waals surface area contributed by atoms with E-state index in [1.165, 1.54) is 25.7 Å². The molecule has 2 unspecified atom stereocenters. The van der Waals surface area contributed by atoms with E-state index < -0.39 is 5.97 Å². The summed E-state index contributed by atoms with van der Waals surface area (Å²) in [4.78, 5) is 11.1. The Morgan fingerprint density at radius 1 is 1.50 bits per heavy atom. The molecule has 0 radical (unpaired) electrons. The summed E-state index contributed by atoms with van der Waals surface area (Å²) in [5.41, 5.74) is 1.44. The van der Waals surface area contributed by atoms with Crippen molar-refractivity contribution in [3.8, 4) is 0 Å². The molecule has 1 N–H and O–H groups in total. The first-order chi connectivity index (χ1) is 9.44. The molecule has 2 atom stereocenters. The Kier molecular flexibility index (Phi) is 6.25. The zero-order valence-corrected chi connectivity index (χ0v) is 13.1. The van der Waals surface area contributed by atoms with E-state index in [2.05, 4.69) is 32.6 Å². The molecule has 20 heavy (non-hydrogen) atoms. The highest BCUT2D eigenvalue weighted by Gasteiger charge is 2.33. The maximum atomic E-state index is 11.1. The van der Waals surface area contributed by atoms with Crippen molar-refractivity contribution >= 4 is 5.97 Å². The highest BCUT2D eigenvalue weighted by atomic mass is 16.4. The van der Waals surface area contributed by atoms with Crippen LogP contribution >= 0.6 is 0 Å². The van der Waals surface area contributed by atoms with Gasteiger partial charge in [-0.05, 0) is 31.1 Å². The Morgan fingerprint density at radius 3 is 2.70 bits per heavy atom. The summed E-state index contributed by atoms with van der Waals surface area (Å²) >= 11 is 0. The number of hydrogen-bond donors (Lipinski definition) is 1. The van der Waals surface area contributed by atoms with Gasteiger partial charge in [0.15, 0.2) is 0 Å².